The van der Waals surface area contributed by atoms with Crippen LogP contribution in [0.5, 0.6) is 0 Å². The van der Waals surface area contributed by atoms with Gasteiger partial charge in [0.15, 0.2) is 0 Å². The molecule has 0 spiro atoms. The summed E-state index contributed by atoms with van der Waals surface area (Å²) in [5.74, 6) is 8.90. The smallest absolute Gasteiger partial charge is 0.127 e. The van der Waals surface area contributed by atoms with E-state index in [-0.39, 0.29) is 11.1 Å². The van der Waals surface area contributed by atoms with Gasteiger partial charge in [-0.25, -0.2) is 0 Å². The Balaban J connectivity index is 1.35. The monoisotopic (exact) mass is 556 g/mol. The second-order valence-corrected chi connectivity index (χ2v) is 22.8. The molecule has 2 saturated carbocycles. The van der Waals surface area contributed by atoms with Crippen molar-refractivity contribution in [3.05, 3.63) is 108 Å². The fourth-order valence-electron chi connectivity index (χ4n) is 7.24. The maximum Gasteiger partial charge on any atom is 0.127 e. The lowest BCUT2D eigenvalue weighted by atomic mass is 9.92. The van der Waals surface area contributed by atoms with Crippen molar-refractivity contribution in [1.82, 2.24) is 9.96 Å². The van der Waals surface area contributed by atoms with E-state index in [0.717, 1.165) is 0 Å². The fraction of sp³-hybridized carbons (Fsp3) is 0.486. The number of rotatable bonds is 10. The molecule has 4 heteroatoms. The average molecular weight is 557 g/mol. The van der Waals surface area contributed by atoms with Crippen LogP contribution < -0.4 is 9.96 Å². The Kier molecular flexibility index (Phi) is 9.53. The van der Waals surface area contributed by atoms with Gasteiger partial charge in [-0.1, -0.05) is 94.1 Å². The SMILES string of the molecule is CC(C)(C)N[Si](C)(C)[C]1[C](CCCCC[C]2[CH][C]3C=CC=C[C]3[C]2[Si](C)(C)NC(C)(C)C)[CH][C]2C=CC=C[C]21. The number of hydrogen-bond donors (Lipinski definition) is 2. The van der Waals surface area contributed by atoms with Crippen molar-refractivity contribution >= 4 is 16.5 Å². The standard InChI is InChI=1S/C35H52N2Si2/c1-34(2,3)36-38(7,8)32-28(24-26-18-14-16-22-30(26)32)20-12-11-13-21-29-25-27-19-15-17-23-31(27)33(29)39(9,10)37-35(4,5)6/h14-19,22-25,36-37H,11-13,20-21H2,1-10H3. The van der Waals surface area contributed by atoms with Gasteiger partial charge in [-0.05, 0) is 79.1 Å². The Labute approximate surface area is 244 Å². The van der Waals surface area contributed by atoms with Gasteiger partial charge in [0.1, 0.15) is 16.5 Å². The first-order valence-corrected chi connectivity index (χ1v) is 21.0. The molecule has 4 aliphatic rings. The van der Waals surface area contributed by atoms with Gasteiger partial charge in [-0.15, -0.1) is 0 Å². The summed E-state index contributed by atoms with van der Waals surface area (Å²) in [7, 11) is -3.62. The average Bonchev–Trinajstić information content (AvgIpc) is 3.34. The van der Waals surface area contributed by atoms with E-state index in [2.05, 4.69) is 139 Å². The summed E-state index contributed by atoms with van der Waals surface area (Å²) in [4.78, 5) is 8.08. The minimum Gasteiger partial charge on any atom is -0.332 e. The molecule has 0 aromatic heterocycles. The number of fused-ring (bicyclic) bond motifs is 2. The van der Waals surface area contributed by atoms with Gasteiger partial charge < -0.3 is 9.96 Å². The van der Waals surface area contributed by atoms with Crippen LogP contribution in [0.3, 0.4) is 0 Å². The predicted octanol–water partition coefficient (Wildman–Crippen LogP) is 8.49. The molecule has 210 valence electrons. The lowest BCUT2D eigenvalue weighted by Crippen LogP contribution is -2.59. The molecule has 0 unspecified atom stereocenters. The quantitative estimate of drug-likeness (QED) is 0.208. The molecular weight excluding hydrogens is 505 g/mol. The highest BCUT2D eigenvalue weighted by Gasteiger charge is 2.53. The summed E-state index contributed by atoms with van der Waals surface area (Å²) >= 11 is 0. The van der Waals surface area contributed by atoms with Crippen molar-refractivity contribution in [2.45, 2.75) is 111 Å². The van der Waals surface area contributed by atoms with Crippen LogP contribution in [0.4, 0.5) is 0 Å². The van der Waals surface area contributed by atoms with Gasteiger partial charge in [0.05, 0.1) is 0 Å². The molecule has 4 aliphatic carbocycles. The molecule has 0 heterocycles. The highest BCUT2D eigenvalue weighted by molar-refractivity contribution is 6.82. The summed E-state index contributed by atoms with van der Waals surface area (Å²) in [5.41, 5.74) is 3.48. The minimum atomic E-state index is -1.81. The van der Waals surface area contributed by atoms with Crippen molar-refractivity contribution < 1.29 is 0 Å². The van der Waals surface area contributed by atoms with Crippen molar-refractivity contribution in [3.8, 4) is 0 Å². The number of unbranched alkanes of at least 4 members (excludes halogenated alkanes) is 2. The minimum absolute atomic E-state index is 0.116. The van der Waals surface area contributed by atoms with Crippen molar-refractivity contribution in [2.24, 2.45) is 0 Å². The zero-order valence-corrected chi connectivity index (χ0v) is 28.3. The molecule has 2 fully saturated rings. The first-order valence-electron chi connectivity index (χ1n) is 15.0. The van der Waals surface area contributed by atoms with Crippen LogP contribution >= 0.6 is 0 Å². The van der Waals surface area contributed by atoms with E-state index in [0.29, 0.717) is 0 Å². The van der Waals surface area contributed by atoms with Crippen molar-refractivity contribution in [1.29, 1.82) is 0 Å². The summed E-state index contributed by atoms with van der Waals surface area (Å²) in [6, 6.07) is 0. The Morgan fingerprint density at radius 1 is 0.538 bits per heavy atom. The number of hydrogen-bond acceptors (Lipinski definition) is 2. The lowest BCUT2D eigenvalue weighted by Gasteiger charge is -2.42. The molecule has 0 bridgehead atoms. The van der Waals surface area contributed by atoms with E-state index in [9.17, 15) is 0 Å². The Hall–Kier alpha value is -0.686. The molecule has 39 heavy (non-hydrogen) atoms. The lowest BCUT2D eigenvalue weighted by molar-refractivity contribution is 0.511. The number of allylic oxidation sites excluding steroid dienone is 8. The van der Waals surface area contributed by atoms with Crippen molar-refractivity contribution in [2.75, 3.05) is 0 Å². The molecule has 0 aromatic carbocycles. The van der Waals surface area contributed by atoms with Crippen LogP contribution in [0.1, 0.15) is 73.6 Å². The van der Waals surface area contributed by atoms with E-state index in [1.54, 1.807) is 22.9 Å². The van der Waals surface area contributed by atoms with E-state index >= 15 is 0 Å². The molecule has 0 saturated heterocycles. The van der Waals surface area contributed by atoms with Crippen LogP contribution in [-0.2, 0) is 0 Å². The third-order valence-corrected chi connectivity index (χ3v) is 14.2. The van der Waals surface area contributed by atoms with E-state index in [1.165, 1.54) is 55.8 Å². The summed E-state index contributed by atoms with van der Waals surface area (Å²) in [6.07, 6.45) is 29.1. The van der Waals surface area contributed by atoms with Crippen LogP contribution in [-0.4, -0.2) is 27.5 Å². The third kappa shape index (κ3) is 7.78. The molecule has 10 radical (unpaired) electrons. The van der Waals surface area contributed by atoms with Gasteiger partial charge in [0.2, 0.25) is 0 Å². The van der Waals surface area contributed by atoms with Crippen LogP contribution in [0.15, 0.2) is 48.6 Å². The van der Waals surface area contributed by atoms with E-state index in [1.807, 2.05) is 0 Å². The Morgan fingerprint density at radius 3 is 1.26 bits per heavy atom. The highest BCUT2D eigenvalue weighted by atomic mass is 28.3. The largest absolute Gasteiger partial charge is 0.332 e. The summed E-state index contributed by atoms with van der Waals surface area (Å²) < 4.78 is 0. The van der Waals surface area contributed by atoms with Gasteiger partial charge in [-0.2, -0.15) is 0 Å². The Bertz CT molecular complexity index is 869. The molecule has 0 amide bonds. The molecule has 0 aromatic rings. The molecule has 2 N–H and O–H groups in total. The molecular formula is C35H52N2Si2. The Morgan fingerprint density at radius 2 is 0.897 bits per heavy atom. The van der Waals surface area contributed by atoms with E-state index < -0.39 is 16.5 Å². The molecule has 4 rings (SSSR count). The zero-order valence-electron chi connectivity index (χ0n) is 26.3. The van der Waals surface area contributed by atoms with E-state index in [4.69, 9.17) is 0 Å². The second kappa shape index (κ2) is 11.9. The third-order valence-electron chi connectivity index (χ3n) is 7.78. The summed E-state index contributed by atoms with van der Waals surface area (Å²) in [6.45, 7) is 23.8. The maximum atomic E-state index is 4.04. The van der Waals surface area contributed by atoms with Crippen LogP contribution in [0.2, 0.25) is 26.2 Å². The van der Waals surface area contributed by atoms with Crippen LogP contribution in [0, 0.1) is 59.4 Å². The van der Waals surface area contributed by atoms with Crippen molar-refractivity contribution in [3.63, 3.8) is 0 Å². The van der Waals surface area contributed by atoms with Crippen LogP contribution in [0.25, 0.3) is 0 Å². The van der Waals surface area contributed by atoms with Gasteiger partial charge >= 0.3 is 0 Å². The zero-order chi connectivity index (χ0) is 28.6. The normalized spacial score (nSPS) is 23.4. The molecule has 0 aliphatic heterocycles. The second-order valence-electron chi connectivity index (χ2n) is 14.8. The highest BCUT2D eigenvalue weighted by Crippen LogP contribution is 2.56. The van der Waals surface area contributed by atoms with Gasteiger partial charge in [0.25, 0.3) is 0 Å². The number of nitrogens with one attached hydrogen (secondary N) is 2. The first-order chi connectivity index (χ1) is 18.1. The molecule has 2 nitrogen and oxygen atoms in total. The maximum absolute atomic E-state index is 4.04. The first kappa shape index (κ1) is 31.3. The van der Waals surface area contributed by atoms with Gasteiger partial charge in [-0.3, -0.25) is 0 Å². The predicted molar refractivity (Wildman–Crippen MR) is 175 cm³/mol. The topological polar surface area (TPSA) is 24.1 Å². The fourth-order valence-corrected chi connectivity index (χ4v) is 15.0. The van der Waals surface area contributed by atoms with Gasteiger partial charge in [0, 0.05) is 45.8 Å². The molecule has 0 atom stereocenters. The summed E-state index contributed by atoms with van der Waals surface area (Å²) in [5, 5.41) is 0.